The van der Waals surface area contributed by atoms with Crippen LogP contribution in [0.1, 0.15) is 76.2 Å². The number of piperazine rings is 1. The summed E-state index contributed by atoms with van der Waals surface area (Å²) in [4.78, 5) is 58.1. The zero-order valence-electron chi connectivity index (χ0n) is 21.8. The highest BCUT2D eigenvalue weighted by molar-refractivity contribution is 6.16. The smallest absolute Gasteiger partial charge is 0.248 e. The van der Waals surface area contributed by atoms with E-state index in [4.69, 9.17) is 4.74 Å². The molecule has 36 heavy (non-hydrogen) atoms. The van der Waals surface area contributed by atoms with Crippen LogP contribution in [-0.2, 0) is 19.8 Å². The maximum atomic E-state index is 14.1. The molecule has 0 unspecified atom stereocenters. The first-order valence-electron chi connectivity index (χ1n) is 13.0. The van der Waals surface area contributed by atoms with Crippen molar-refractivity contribution in [2.45, 2.75) is 82.4 Å². The van der Waals surface area contributed by atoms with Gasteiger partial charge in [-0.3, -0.25) is 19.2 Å². The number of benzene rings is 1. The Hall–Kier alpha value is -2.90. The lowest BCUT2D eigenvalue weighted by Crippen LogP contribution is -2.79. The second-order valence-electron chi connectivity index (χ2n) is 13.4. The fourth-order valence-electron chi connectivity index (χ4n) is 9.27. The van der Waals surface area contributed by atoms with Crippen molar-refractivity contribution in [2.24, 2.45) is 17.3 Å². The molecule has 6 aliphatic heterocycles. The highest BCUT2D eigenvalue weighted by Crippen LogP contribution is 2.72. The molecule has 1 aromatic carbocycles. The van der Waals surface area contributed by atoms with Crippen molar-refractivity contribution in [3.8, 4) is 5.75 Å². The van der Waals surface area contributed by atoms with Crippen LogP contribution in [0.3, 0.4) is 0 Å². The Morgan fingerprint density at radius 2 is 1.78 bits per heavy atom. The Labute approximate surface area is 210 Å². The third kappa shape index (κ3) is 2.09. The Balaban J connectivity index is 1.42. The van der Waals surface area contributed by atoms with E-state index >= 15 is 0 Å². The Morgan fingerprint density at radius 3 is 2.50 bits per heavy atom. The van der Waals surface area contributed by atoms with Gasteiger partial charge in [0.1, 0.15) is 16.9 Å². The van der Waals surface area contributed by atoms with Crippen LogP contribution >= 0.6 is 0 Å². The minimum atomic E-state index is -0.927. The first-order valence-corrected chi connectivity index (χ1v) is 13.0. The van der Waals surface area contributed by atoms with Crippen LogP contribution in [0.5, 0.6) is 5.75 Å². The van der Waals surface area contributed by atoms with Gasteiger partial charge < -0.3 is 19.9 Å². The fourth-order valence-corrected chi connectivity index (χ4v) is 9.27. The minimum Gasteiger partial charge on any atom is -0.487 e. The van der Waals surface area contributed by atoms with Gasteiger partial charge in [-0.15, -0.1) is 0 Å². The van der Waals surface area contributed by atoms with Gasteiger partial charge >= 0.3 is 0 Å². The number of hydrogen-bond acceptors (Lipinski definition) is 5. The normalized spacial score (nSPS) is 40.7. The van der Waals surface area contributed by atoms with E-state index in [0.717, 1.165) is 5.56 Å². The lowest BCUT2D eigenvalue weighted by molar-refractivity contribution is -0.188. The zero-order valence-corrected chi connectivity index (χ0v) is 21.8. The summed E-state index contributed by atoms with van der Waals surface area (Å²) in [5.41, 5.74) is -1.66. The summed E-state index contributed by atoms with van der Waals surface area (Å²) in [7, 11) is 1.86. The number of piperidine rings is 2. The third-order valence-electron chi connectivity index (χ3n) is 10.9. The van der Waals surface area contributed by atoms with Crippen molar-refractivity contribution in [1.82, 2.24) is 9.80 Å². The maximum absolute atomic E-state index is 14.1. The largest absolute Gasteiger partial charge is 0.487 e. The second kappa shape index (κ2) is 5.97. The van der Waals surface area contributed by atoms with Gasteiger partial charge in [0.15, 0.2) is 5.78 Å². The summed E-state index contributed by atoms with van der Waals surface area (Å²) >= 11 is 0. The number of nitrogens with one attached hydrogen (secondary N) is 1. The standard InChI is InChI=1S/C28H33N3O5/c1-14-9-26-11-18-25(4,5)28(12-27(18,30(6)23(26)35)13-31(26)21(14)33)15-7-8-17-19(20(15)29-22(28)34)16(32)10-24(2,3)36-17/h7-8,14,18H,9-13H2,1-6H3,(H,29,34)/t14-,18+,26-,27+,28-/m1/s1. The molecule has 0 radical (unpaired) electrons. The van der Waals surface area contributed by atoms with Gasteiger partial charge in [-0.05, 0) is 56.1 Å². The molecule has 5 fully saturated rings. The number of Topliss-reactive ketones (excluding diaryl/α,β-unsaturated/α-hetero) is 1. The van der Waals surface area contributed by atoms with Crippen LogP contribution in [0.4, 0.5) is 5.69 Å². The quantitative estimate of drug-likeness (QED) is 0.602. The molecule has 3 spiro atoms. The Kier molecular flexibility index (Phi) is 3.70. The van der Waals surface area contributed by atoms with Crippen LogP contribution in [0.2, 0.25) is 0 Å². The molecule has 3 amide bonds. The highest BCUT2D eigenvalue weighted by atomic mass is 16.5. The van der Waals surface area contributed by atoms with Crippen LogP contribution < -0.4 is 10.1 Å². The summed E-state index contributed by atoms with van der Waals surface area (Å²) in [5.74, 6) is 0.250. The molecular weight excluding hydrogens is 458 g/mol. The van der Waals surface area contributed by atoms with E-state index < -0.39 is 27.5 Å². The first-order chi connectivity index (χ1) is 16.7. The molecule has 1 aromatic rings. The van der Waals surface area contributed by atoms with E-state index in [9.17, 15) is 19.2 Å². The molecule has 1 N–H and O–H groups in total. The number of hydrogen-bond donors (Lipinski definition) is 1. The van der Waals surface area contributed by atoms with Gasteiger partial charge in [0.2, 0.25) is 17.7 Å². The fraction of sp³-hybridized carbons (Fsp3) is 0.643. The predicted octanol–water partition coefficient (Wildman–Crippen LogP) is 2.89. The van der Waals surface area contributed by atoms with E-state index in [-0.39, 0.29) is 41.8 Å². The molecule has 5 atom stereocenters. The summed E-state index contributed by atoms with van der Waals surface area (Å²) in [6, 6.07) is 3.77. The minimum absolute atomic E-state index is 0.00503. The molecule has 0 aromatic heterocycles. The zero-order chi connectivity index (χ0) is 25.8. The summed E-state index contributed by atoms with van der Waals surface area (Å²) in [5, 5.41) is 3.10. The predicted molar refractivity (Wildman–Crippen MR) is 131 cm³/mol. The van der Waals surface area contributed by atoms with Crippen LogP contribution in [0.15, 0.2) is 12.1 Å². The molecule has 4 saturated heterocycles. The number of nitrogens with zero attached hydrogens (tertiary/aromatic N) is 2. The number of carbonyl (C=O) groups is 4. The van der Waals surface area contributed by atoms with Gasteiger partial charge in [-0.1, -0.05) is 26.8 Å². The molecule has 190 valence electrons. The number of carbonyl (C=O) groups excluding carboxylic acids is 4. The van der Waals surface area contributed by atoms with Crippen molar-refractivity contribution in [1.29, 1.82) is 0 Å². The molecule has 1 aliphatic carbocycles. The van der Waals surface area contributed by atoms with Gasteiger partial charge in [0.05, 0.1) is 28.6 Å². The number of ketones is 1. The molecule has 8 heteroatoms. The van der Waals surface area contributed by atoms with Gasteiger partial charge in [0, 0.05) is 19.5 Å². The molecule has 2 bridgehead atoms. The molecule has 8 nitrogen and oxygen atoms in total. The van der Waals surface area contributed by atoms with E-state index in [0.29, 0.717) is 42.8 Å². The number of rotatable bonds is 0. The lowest BCUT2D eigenvalue weighted by Gasteiger charge is -2.63. The van der Waals surface area contributed by atoms with E-state index in [1.54, 1.807) is 0 Å². The Morgan fingerprint density at radius 1 is 1.06 bits per heavy atom. The van der Waals surface area contributed by atoms with E-state index in [1.807, 2.05) is 49.8 Å². The van der Waals surface area contributed by atoms with E-state index in [1.165, 1.54) is 0 Å². The molecule has 7 aliphatic rings. The molecule has 1 saturated carbocycles. The topological polar surface area (TPSA) is 96.0 Å². The van der Waals surface area contributed by atoms with Crippen LogP contribution in [0.25, 0.3) is 0 Å². The van der Waals surface area contributed by atoms with Gasteiger partial charge in [0.25, 0.3) is 0 Å². The van der Waals surface area contributed by atoms with Crippen molar-refractivity contribution >= 4 is 29.2 Å². The second-order valence-corrected chi connectivity index (χ2v) is 13.4. The van der Waals surface area contributed by atoms with Gasteiger partial charge in [-0.2, -0.15) is 0 Å². The summed E-state index contributed by atoms with van der Waals surface area (Å²) in [6.45, 7) is 10.4. The average Bonchev–Trinajstić information content (AvgIpc) is 3.29. The number of amides is 3. The first kappa shape index (κ1) is 22.3. The molecule has 8 rings (SSSR count). The number of fused-ring (bicyclic) bond motifs is 5. The average molecular weight is 492 g/mol. The summed E-state index contributed by atoms with van der Waals surface area (Å²) < 4.78 is 6.13. The Bertz CT molecular complexity index is 1330. The van der Waals surface area contributed by atoms with Gasteiger partial charge in [-0.25, -0.2) is 0 Å². The summed E-state index contributed by atoms with van der Waals surface area (Å²) in [6.07, 6.45) is 1.77. The van der Waals surface area contributed by atoms with Crippen molar-refractivity contribution in [3.63, 3.8) is 0 Å². The van der Waals surface area contributed by atoms with Crippen LogP contribution in [-0.4, -0.2) is 63.6 Å². The lowest BCUT2D eigenvalue weighted by atomic mass is 9.57. The monoisotopic (exact) mass is 491 g/mol. The number of ether oxygens (including phenoxy) is 1. The van der Waals surface area contributed by atoms with Crippen molar-refractivity contribution in [2.75, 3.05) is 18.9 Å². The van der Waals surface area contributed by atoms with Crippen molar-refractivity contribution < 1.29 is 23.9 Å². The van der Waals surface area contributed by atoms with Crippen molar-refractivity contribution in [3.05, 3.63) is 23.3 Å². The molecular formula is C28H33N3O5. The highest BCUT2D eigenvalue weighted by Gasteiger charge is 2.80. The number of anilines is 1. The number of likely N-dealkylation sites (N-methyl/N-ethyl adjacent to an activating group) is 1. The maximum Gasteiger partial charge on any atom is 0.248 e. The SMILES string of the molecule is C[C@@H]1C[C@]23C[C@H]4C(C)(C)[C@@]5(C[C@@]4(CN2C1=O)N(C)C3=O)C(=O)Nc1c5ccc2c1C(=O)CC(C)(C)O2. The van der Waals surface area contributed by atoms with Crippen LogP contribution in [0, 0.1) is 17.3 Å². The third-order valence-corrected chi connectivity index (χ3v) is 10.9. The molecule has 6 heterocycles. The van der Waals surface area contributed by atoms with E-state index in [2.05, 4.69) is 19.2 Å².